The highest BCUT2D eigenvalue weighted by Gasteiger charge is 2.24. The SMILES string of the molecule is CC(CSC(=O)C(Cc1cc(=O)[nH]c2ccccc12)NC(=O)c1ccc(Cl)cc1)N(C)C. The molecule has 0 bridgehead atoms. The molecule has 2 aromatic carbocycles. The number of nitrogens with one attached hydrogen (secondary N) is 2. The van der Waals surface area contributed by atoms with Crippen molar-refractivity contribution in [3.05, 3.63) is 81.1 Å². The van der Waals surface area contributed by atoms with Crippen LogP contribution in [0.25, 0.3) is 10.9 Å². The van der Waals surface area contributed by atoms with Gasteiger partial charge < -0.3 is 15.2 Å². The molecule has 2 unspecified atom stereocenters. The number of aromatic nitrogens is 1. The summed E-state index contributed by atoms with van der Waals surface area (Å²) in [4.78, 5) is 43.0. The van der Waals surface area contributed by atoms with Gasteiger partial charge in [-0.25, -0.2) is 0 Å². The molecule has 168 valence electrons. The number of para-hydroxylation sites is 1. The van der Waals surface area contributed by atoms with Crippen molar-refractivity contribution in [2.45, 2.75) is 25.4 Å². The Hall–Kier alpha value is -2.61. The van der Waals surface area contributed by atoms with E-state index in [1.165, 1.54) is 17.8 Å². The largest absolute Gasteiger partial charge is 0.341 e. The van der Waals surface area contributed by atoms with E-state index in [0.717, 1.165) is 5.39 Å². The fourth-order valence-corrected chi connectivity index (χ4v) is 4.33. The van der Waals surface area contributed by atoms with Crippen molar-refractivity contribution in [1.29, 1.82) is 0 Å². The van der Waals surface area contributed by atoms with Gasteiger partial charge in [0, 0.05) is 45.8 Å². The highest BCUT2D eigenvalue weighted by Crippen LogP contribution is 2.20. The number of fused-ring (bicyclic) bond motifs is 1. The van der Waals surface area contributed by atoms with Crippen molar-refractivity contribution < 1.29 is 9.59 Å². The molecule has 0 saturated heterocycles. The van der Waals surface area contributed by atoms with Crippen LogP contribution in [-0.2, 0) is 11.2 Å². The third-order valence-electron chi connectivity index (χ3n) is 5.30. The van der Waals surface area contributed by atoms with Crippen molar-refractivity contribution >= 4 is 45.3 Å². The van der Waals surface area contributed by atoms with Crippen molar-refractivity contribution in [2.24, 2.45) is 0 Å². The van der Waals surface area contributed by atoms with Crippen LogP contribution in [0.4, 0.5) is 0 Å². The molecule has 2 N–H and O–H groups in total. The Labute approximate surface area is 196 Å². The average Bonchev–Trinajstić information content (AvgIpc) is 2.76. The number of nitrogens with zero attached hydrogens (tertiary/aromatic N) is 1. The Morgan fingerprint density at radius 2 is 1.81 bits per heavy atom. The van der Waals surface area contributed by atoms with E-state index in [1.54, 1.807) is 24.3 Å². The number of amides is 1. The van der Waals surface area contributed by atoms with Gasteiger partial charge in [-0.2, -0.15) is 0 Å². The fourth-order valence-electron chi connectivity index (χ4n) is 3.15. The number of thioether (sulfide) groups is 1. The molecule has 2 atom stereocenters. The topological polar surface area (TPSA) is 82.3 Å². The van der Waals surface area contributed by atoms with Crippen LogP contribution >= 0.6 is 23.4 Å². The summed E-state index contributed by atoms with van der Waals surface area (Å²) in [6, 6.07) is 14.8. The van der Waals surface area contributed by atoms with Gasteiger partial charge in [-0.1, -0.05) is 41.6 Å². The van der Waals surface area contributed by atoms with Gasteiger partial charge >= 0.3 is 0 Å². The standard InChI is InChI=1S/C24H26ClN3O3S/c1-15(28(2)3)14-32-24(31)21(27-23(30)16-8-10-18(25)11-9-16)12-17-13-22(29)26-20-7-5-4-6-19(17)20/h4-11,13,15,21H,12,14H2,1-3H3,(H,26,29)(H,27,30). The minimum Gasteiger partial charge on any atom is -0.341 e. The van der Waals surface area contributed by atoms with Crippen molar-refractivity contribution in [2.75, 3.05) is 19.8 Å². The third kappa shape index (κ3) is 6.22. The Morgan fingerprint density at radius 3 is 2.50 bits per heavy atom. The van der Waals surface area contributed by atoms with Crippen LogP contribution in [0.5, 0.6) is 0 Å². The Kier molecular flexibility index (Phi) is 8.12. The molecule has 0 aliphatic rings. The minimum absolute atomic E-state index is 0.148. The van der Waals surface area contributed by atoms with Gasteiger partial charge in [-0.05, 0) is 56.9 Å². The van der Waals surface area contributed by atoms with Crippen LogP contribution < -0.4 is 10.9 Å². The van der Waals surface area contributed by atoms with E-state index in [-0.39, 0.29) is 29.0 Å². The van der Waals surface area contributed by atoms with Crippen LogP contribution in [0.2, 0.25) is 5.02 Å². The maximum Gasteiger partial charge on any atom is 0.251 e. The van der Waals surface area contributed by atoms with Crippen molar-refractivity contribution in [3.8, 4) is 0 Å². The number of H-pyrrole nitrogens is 1. The molecular formula is C24H26ClN3O3S. The van der Waals surface area contributed by atoms with E-state index in [1.807, 2.05) is 50.2 Å². The van der Waals surface area contributed by atoms with Crippen LogP contribution in [-0.4, -0.2) is 52.8 Å². The lowest BCUT2D eigenvalue weighted by Gasteiger charge is -2.22. The summed E-state index contributed by atoms with van der Waals surface area (Å²) in [5.41, 5.74) is 1.57. The fraction of sp³-hybridized carbons (Fsp3) is 0.292. The first-order chi connectivity index (χ1) is 15.2. The maximum absolute atomic E-state index is 13.1. The molecule has 3 aromatic rings. The molecular weight excluding hydrogens is 446 g/mol. The van der Waals surface area contributed by atoms with E-state index < -0.39 is 6.04 Å². The number of benzene rings is 2. The zero-order valence-electron chi connectivity index (χ0n) is 18.2. The summed E-state index contributed by atoms with van der Waals surface area (Å²) in [5.74, 6) is 0.227. The summed E-state index contributed by atoms with van der Waals surface area (Å²) in [6.07, 6.45) is 0.214. The van der Waals surface area contributed by atoms with Gasteiger partial charge in [-0.3, -0.25) is 14.4 Å². The van der Waals surface area contributed by atoms with E-state index in [2.05, 4.69) is 10.3 Å². The highest BCUT2D eigenvalue weighted by molar-refractivity contribution is 8.13. The number of hydrogen-bond acceptors (Lipinski definition) is 5. The van der Waals surface area contributed by atoms with Gasteiger partial charge in [0.2, 0.25) is 10.7 Å². The predicted molar refractivity (Wildman–Crippen MR) is 132 cm³/mol. The lowest BCUT2D eigenvalue weighted by Crippen LogP contribution is -2.42. The summed E-state index contributed by atoms with van der Waals surface area (Å²) >= 11 is 7.11. The second-order valence-electron chi connectivity index (χ2n) is 7.88. The van der Waals surface area contributed by atoms with Crippen LogP contribution in [0.1, 0.15) is 22.8 Å². The summed E-state index contributed by atoms with van der Waals surface area (Å²) < 4.78 is 0. The lowest BCUT2D eigenvalue weighted by atomic mass is 10.0. The number of carbonyl (C=O) groups excluding carboxylic acids is 2. The number of hydrogen-bond donors (Lipinski definition) is 2. The molecule has 1 amide bonds. The molecule has 0 saturated carbocycles. The Balaban J connectivity index is 1.88. The van der Waals surface area contributed by atoms with Gasteiger partial charge in [0.1, 0.15) is 6.04 Å². The Bertz CT molecular complexity index is 1160. The molecule has 0 fully saturated rings. The van der Waals surface area contributed by atoms with Crippen LogP contribution in [0, 0.1) is 0 Å². The van der Waals surface area contributed by atoms with Crippen molar-refractivity contribution in [1.82, 2.24) is 15.2 Å². The zero-order chi connectivity index (χ0) is 23.3. The molecule has 1 heterocycles. The van der Waals surface area contributed by atoms with Crippen LogP contribution in [0.15, 0.2) is 59.4 Å². The van der Waals surface area contributed by atoms with Crippen LogP contribution in [0.3, 0.4) is 0 Å². The maximum atomic E-state index is 13.1. The molecule has 0 aliphatic carbocycles. The number of rotatable bonds is 8. The lowest BCUT2D eigenvalue weighted by molar-refractivity contribution is -0.112. The van der Waals surface area contributed by atoms with Gasteiger partial charge in [0.05, 0.1) is 0 Å². The third-order valence-corrected chi connectivity index (χ3v) is 6.77. The van der Waals surface area contributed by atoms with E-state index in [0.29, 0.717) is 27.4 Å². The molecule has 3 rings (SSSR count). The second-order valence-corrected chi connectivity index (χ2v) is 9.34. The average molecular weight is 472 g/mol. The number of aromatic amines is 1. The second kappa shape index (κ2) is 10.8. The first kappa shape index (κ1) is 24.0. The van der Waals surface area contributed by atoms with Gasteiger partial charge in [-0.15, -0.1) is 0 Å². The van der Waals surface area contributed by atoms with E-state index >= 15 is 0 Å². The number of pyridine rings is 1. The Morgan fingerprint density at radius 1 is 1.12 bits per heavy atom. The van der Waals surface area contributed by atoms with E-state index in [4.69, 9.17) is 11.6 Å². The minimum atomic E-state index is -0.789. The zero-order valence-corrected chi connectivity index (χ0v) is 19.8. The monoisotopic (exact) mass is 471 g/mol. The van der Waals surface area contributed by atoms with Gasteiger partial charge in [0.25, 0.3) is 5.91 Å². The molecule has 0 aliphatic heterocycles. The summed E-state index contributed by atoms with van der Waals surface area (Å²) in [5, 5.41) is 4.08. The summed E-state index contributed by atoms with van der Waals surface area (Å²) in [7, 11) is 3.91. The summed E-state index contributed by atoms with van der Waals surface area (Å²) in [6.45, 7) is 2.03. The van der Waals surface area contributed by atoms with E-state index in [9.17, 15) is 14.4 Å². The first-order valence-corrected chi connectivity index (χ1v) is 11.6. The molecule has 32 heavy (non-hydrogen) atoms. The smallest absolute Gasteiger partial charge is 0.251 e. The number of halogens is 1. The molecule has 8 heteroatoms. The predicted octanol–water partition coefficient (Wildman–Crippen LogP) is 3.73. The molecule has 1 aromatic heterocycles. The van der Waals surface area contributed by atoms with Crippen molar-refractivity contribution in [3.63, 3.8) is 0 Å². The first-order valence-electron chi connectivity index (χ1n) is 10.2. The normalized spacial score (nSPS) is 13.2. The molecule has 0 radical (unpaired) electrons. The van der Waals surface area contributed by atoms with Gasteiger partial charge in [0.15, 0.2) is 0 Å². The molecule has 6 nitrogen and oxygen atoms in total. The molecule has 0 spiro atoms. The highest BCUT2D eigenvalue weighted by atomic mass is 35.5. The quantitative estimate of drug-likeness (QED) is 0.523. The number of carbonyl (C=O) groups is 2.